The third-order valence-corrected chi connectivity index (χ3v) is 4.99. The molecule has 0 N–H and O–H groups in total. The summed E-state index contributed by atoms with van der Waals surface area (Å²) < 4.78 is 16.8. The minimum atomic E-state index is 0.368. The van der Waals surface area contributed by atoms with Crippen molar-refractivity contribution in [2.45, 2.75) is 44.8 Å². The number of ether oxygens (including phenoxy) is 3. The van der Waals surface area contributed by atoms with E-state index in [0.29, 0.717) is 6.10 Å². The minimum Gasteiger partial charge on any atom is -0.496 e. The monoisotopic (exact) mass is 319 g/mol. The van der Waals surface area contributed by atoms with E-state index in [-0.39, 0.29) is 0 Å². The highest BCUT2D eigenvalue weighted by atomic mass is 16.5. The molecule has 0 amide bonds. The Labute approximate surface area is 139 Å². The lowest BCUT2D eigenvalue weighted by Gasteiger charge is -2.26. The van der Waals surface area contributed by atoms with E-state index in [2.05, 4.69) is 17.0 Å². The van der Waals surface area contributed by atoms with Gasteiger partial charge in [-0.05, 0) is 49.3 Å². The zero-order chi connectivity index (χ0) is 16.1. The molecule has 2 aliphatic rings. The maximum atomic E-state index is 5.82. The average Bonchev–Trinajstić information content (AvgIpc) is 3.22. The summed E-state index contributed by atoms with van der Waals surface area (Å²) in [5.41, 5.74) is 4.26. The molecule has 23 heavy (non-hydrogen) atoms. The topological polar surface area (TPSA) is 30.9 Å². The van der Waals surface area contributed by atoms with Gasteiger partial charge >= 0.3 is 0 Å². The second-order valence-electron chi connectivity index (χ2n) is 6.65. The zero-order valence-corrected chi connectivity index (χ0v) is 14.5. The Morgan fingerprint density at radius 1 is 1.17 bits per heavy atom. The maximum Gasteiger partial charge on any atom is 0.123 e. The second kappa shape index (κ2) is 8.13. The summed E-state index contributed by atoms with van der Waals surface area (Å²) in [6.07, 6.45) is 6.39. The van der Waals surface area contributed by atoms with Crippen molar-refractivity contribution in [3.8, 4) is 5.75 Å². The zero-order valence-electron chi connectivity index (χ0n) is 14.5. The first-order valence-electron chi connectivity index (χ1n) is 8.81. The third-order valence-electron chi connectivity index (χ3n) is 4.99. The predicted octanol–water partition coefficient (Wildman–Crippen LogP) is 2.81. The molecule has 1 aliphatic carbocycles. The fourth-order valence-electron chi connectivity index (χ4n) is 3.74. The van der Waals surface area contributed by atoms with Crippen molar-refractivity contribution < 1.29 is 14.2 Å². The number of methoxy groups -OCH3 is 2. The third kappa shape index (κ3) is 4.25. The van der Waals surface area contributed by atoms with Crippen LogP contribution in [0.1, 0.15) is 36.0 Å². The van der Waals surface area contributed by atoms with E-state index >= 15 is 0 Å². The molecular weight excluding hydrogens is 290 g/mol. The van der Waals surface area contributed by atoms with Crippen LogP contribution in [0.3, 0.4) is 0 Å². The molecule has 1 atom stereocenters. The molecule has 4 heteroatoms. The Bertz CT molecular complexity index is 512. The van der Waals surface area contributed by atoms with E-state index < -0.39 is 0 Å². The number of fused-ring (bicyclic) bond motifs is 1. The van der Waals surface area contributed by atoms with Gasteiger partial charge in [0.15, 0.2) is 0 Å². The number of rotatable bonds is 8. The molecule has 1 unspecified atom stereocenters. The summed E-state index contributed by atoms with van der Waals surface area (Å²) in [5, 5.41) is 0. The smallest absolute Gasteiger partial charge is 0.123 e. The van der Waals surface area contributed by atoms with Crippen molar-refractivity contribution in [1.29, 1.82) is 0 Å². The number of hydrogen-bond donors (Lipinski definition) is 0. The normalized spacial score (nSPS) is 20.2. The molecule has 0 aromatic heterocycles. The molecule has 128 valence electrons. The Hall–Kier alpha value is -1.10. The molecule has 1 aliphatic heterocycles. The first-order chi connectivity index (χ1) is 11.3. The summed E-state index contributed by atoms with van der Waals surface area (Å²) in [7, 11) is 3.54. The Morgan fingerprint density at radius 2 is 2.00 bits per heavy atom. The van der Waals surface area contributed by atoms with Gasteiger partial charge in [-0.25, -0.2) is 0 Å². The molecule has 0 bridgehead atoms. The van der Waals surface area contributed by atoms with Gasteiger partial charge in [-0.3, -0.25) is 4.90 Å². The SMILES string of the molecule is COCCN(Cc1cc2c(cc1OC)CCC2)CC1CCCO1. The van der Waals surface area contributed by atoms with Gasteiger partial charge in [0.05, 0.1) is 19.8 Å². The van der Waals surface area contributed by atoms with Gasteiger partial charge in [0.25, 0.3) is 0 Å². The van der Waals surface area contributed by atoms with Crippen molar-refractivity contribution in [2.24, 2.45) is 0 Å². The molecule has 1 saturated heterocycles. The first-order valence-corrected chi connectivity index (χ1v) is 8.81. The predicted molar refractivity (Wildman–Crippen MR) is 91.1 cm³/mol. The van der Waals surface area contributed by atoms with Crippen molar-refractivity contribution in [2.75, 3.05) is 40.5 Å². The molecule has 1 aromatic carbocycles. The standard InChI is InChI=1S/C19H29NO3/c1-21-10-8-20(14-18-7-4-9-23-18)13-17-11-15-5-3-6-16(15)12-19(17)22-2/h11-12,18H,3-10,13-14H2,1-2H3. The van der Waals surface area contributed by atoms with Gasteiger partial charge in [0, 0.05) is 38.9 Å². The van der Waals surface area contributed by atoms with Crippen molar-refractivity contribution >= 4 is 0 Å². The molecule has 3 rings (SSSR count). The Morgan fingerprint density at radius 3 is 2.70 bits per heavy atom. The molecular formula is C19H29NO3. The lowest BCUT2D eigenvalue weighted by molar-refractivity contribution is 0.0585. The van der Waals surface area contributed by atoms with Crippen LogP contribution in [-0.4, -0.2) is 51.5 Å². The Kier molecular flexibility index (Phi) is 5.92. The quantitative estimate of drug-likeness (QED) is 0.737. The lowest BCUT2D eigenvalue weighted by Crippen LogP contribution is -2.34. The minimum absolute atomic E-state index is 0.368. The average molecular weight is 319 g/mol. The van der Waals surface area contributed by atoms with Gasteiger partial charge in [0.2, 0.25) is 0 Å². The molecule has 1 fully saturated rings. The van der Waals surface area contributed by atoms with Crippen LogP contribution < -0.4 is 4.74 Å². The highest BCUT2D eigenvalue weighted by Gasteiger charge is 2.21. The fourth-order valence-corrected chi connectivity index (χ4v) is 3.74. The largest absolute Gasteiger partial charge is 0.496 e. The first kappa shape index (κ1) is 16.7. The molecule has 1 aromatic rings. The lowest BCUT2D eigenvalue weighted by atomic mass is 10.0. The van der Waals surface area contributed by atoms with Crippen LogP contribution in [0.5, 0.6) is 5.75 Å². The van der Waals surface area contributed by atoms with Gasteiger partial charge < -0.3 is 14.2 Å². The summed E-state index contributed by atoms with van der Waals surface area (Å²) in [4.78, 5) is 2.44. The van der Waals surface area contributed by atoms with Crippen molar-refractivity contribution in [3.05, 3.63) is 28.8 Å². The molecule has 0 radical (unpaired) electrons. The molecule has 0 saturated carbocycles. The van der Waals surface area contributed by atoms with Crippen LogP contribution in [-0.2, 0) is 28.9 Å². The van der Waals surface area contributed by atoms with Crippen LogP contribution in [0, 0.1) is 0 Å². The highest BCUT2D eigenvalue weighted by Crippen LogP contribution is 2.31. The molecule has 0 spiro atoms. The van der Waals surface area contributed by atoms with Crippen LogP contribution in [0.4, 0.5) is 0 Å². The van der Waals surface area contributed by atoms with Gasteiger partial charge in [-0.2, -0.15) is 0 Å². The van der Waals surface area contributed by atoms with Crippen LogP contribution >= 0.6 is 0 Å². The van der Waals surface area contributed by atoms with Crippen LogP contribution in [0.2, 0.25) is 0 Å². The van der Waals surface area contributed by atoms with E-state index in [1.54, 1.807) is 14.2 Å². The number of aryl methyl sites for hydroxylation is 2. The fraction of sp³-hybridized carbons (Fsp3) is 0.684. The summed E-state index contributed by atoms with van der Waals surface area (Å²) in [6, 6.07) is 4.61. The van der Waals surface area contributed by atoms with Crippen molar-refractivity contribution in [3.63, 3.8) is 0 Å². The van der Waals surface area contributed by atoms with E-state index in [4.69, 9.17) is 14.2 Å². The van der Waals surface area contributed by atoms with Crippen LogP contribution in [0.25, 0.3) is 0 Å². The molecule has 4 nitrogen and oxygen atoms in total. The van der Waals surface area contributed by atoms with Crippen LogP contribution in [0.15, 0.2) is 12.1 Å². The highest BCUT2D eigenvalue weighted by molar-refractivity contribution is 5.44. The van der Waals surface area contributed by atoms with E-state index in [9.17, 15) is 0 Å². The van der Waals surface area contributed by atoms with E-state index in [1.165, 1.54) is 48.8 Å². The maximum absolute atomic E-state index is 5.82. The van der Waals surface area contributed by atoms with Gasteiger partial charge in [-0.1, -0.05) is 6.07 Å². The van der Waals surface area contributed by atoms with Gasteiger partial charge in [-0.15, -0.1) is 0 Å². The number of benzene rings is 1. The Balaban J connectivity index is 1.72. The summed E-state index contributed by atoms with van der Waals surface area (Å²) in [6.45, 7) is 4.46. The van der Waals surface area contributed by atoms with Gasteiger partial charge in [0.1, 0.15) is 5.75 Å². The molecule has 1 heterocycles. The van der Waals surface area contributed by atoms with E-state index in [0.717, 1.165) is 38.6 Å². The van der Waals surface area contributed by atoms with E-state index in [1.807, 2.05) is 0 Å². The second-order valence-corrected chi connectivity index (χ2v) is 6.65. The summed E-state index contributed by atoms with van der Waals surface area (Å²) in [5.74, 6) is 1.03. The number of nitrogens with zero attached hydrogens (tertiary/aromatic N) is 1. The summed E-state index contributed by atoms with van der Waals surface area (Å²) >= 11 is 0. The van der Waals surface area contributed by atoms with Crippen molar-refractivity contribution in [1.82, 2.24) is 4.90 Å². The number of hydrogen-bond acceptors (Lipinski definition) is 4.